The second-order valence-electron chi connectivity index (χ2n) is 11.6. The molecule has 1 aromatic heterocycles. The van der Waals surface area contributed by atoms with Crippen molar-refractivity contribution in [2.45, 2.75) is 109 Å². The van der Waals surface area contributed by atoms with Gasteiger partial charge in [0.2, 0.25) is 5.91 Å². The molecule has 1 aromatic carbocycles. The molecule has 1 amide bonds. The zero-order valence-corrected chi connectivity index (χ0v) is 22.0. The number of carbonyl (C=O) groups excluding carboxylic acids is 1. The van der Waals surface area contributed by atoms with Crippen molar-refractivity contribution in [3.8, 4) is 0 Å². The number of likely N-dealkylation sites (tertiary alicyclic amines) is 1. The van der Waals surface area contributed by atoms with E-state index in [0.717, 1.165) is 60.6 Å². The quantitative estimate of drug-likeness (QED) is 0.424. The maximum Gasteiger partial charge on any atom is 0.272 e. The predicted molar refractivity (Wildman–Crippen MR) is 139 cm³/mol. The van der Waals surface area contributed by atoms with Crippen LogP contribution in [0.25, 0.3) is 11.0 Å². The minimum absolute atomic E-state index is 0.168. The number of halogens is 2. The van der Waals surface area contributed by atoms with Gasteiger partial charge in [0.1, 0.15) is 5.82 Å². The lowest BCUT2D eigenvalue weighted by molar-refractivity contribution is -0.134. The number of rotatable bonds is 8. The summed E-state index contributed by atoms with van der Waals surface area (Å²) < 4.78 is 29.0. The van der Waals surface area contributed by atoms with Crippen LogP contribution in [0.4, 0.5) is 8.78 Å². The van der Waals surface area contributed by atoms with E-state index in [0.29, 0.717) is 31.5 Å². The number of amides is 1. The van der Waals surface area contributed by atoms with E-state index in [9.17, 15) is 13.6 Å². The van der Waals surface area contributed by atoms with Gasteiger partial charge in [-0.2, -0.15) is 0 Å². The summed E-state index contributed by atoms with van der Waals surface area (Å²) in [4.78, 5) is 22.3. The Morgan fingerprint density at radius 3 is 2.47 bits per heavy atom. The summed E-state index contributed by atoms with van der Waals surface area (Å²) in [7, 11) is 0. The van der Waals surface area contributed by atoms with E-state index in [-0.39, 0.29) is 19.0 Å². The Morgan fingerprint density at radius 1 is 1.08 bits per heavy atom. The number of benzene rings is 1. The highest BCUT2D eigenvalue weighted by molar-refractivity contribution is 5.79. The van der Waals surface area contributed by atoms with E-state index in [1.54, 1.807) is 4.90 Å². The van der Waals surface area contributed by atoms with E-state index in [1.807, 2.05) is 12.1 Å². The lowest BCUT2D eigenvalue weighted by Gasteiger charge is -2.38. The first kappa shape index (κ1) is 25.6. The molecule has 198 valence electrons. The van der Waals surface area contributed by atoms with E-state index < -0.39 is 5.92 Å². The molecule has 7 heteroatoms. The molecule has 3 aliphatic rings. The van der Waals surface area contributed by atoms with E-state index in [2.05, 4.69) is 29.4 Å². The van der Waals surface area contributed by atoms with Crippen LogP contribution in [0.15, 0.2) is 18.2 Å². The van der Waals surface area contributed by atoms with Gasteiger partial charge in [0.15, 0.2) is 0 Å². The molecule has 0 radical (unpaired) electrons. The SMILES string of the molecule is CCN(C(=O)CCn1c2cc(CN3CC(F)(F)C3)ccc2nc1[C@H]1CC[C@H](C)CC1)C1CCCCC1. The Labute approximate surface area is 214 Å². The lowest BCUT2D eigenvalue weighted by Crippen LogP contribution is -2.55. The summed E-state index contributed by atoms with van der Waals surface area (Å²) in [6, 6.07) is 6.57. The molecule has 1 saturated heterocycles. The Kier molecular flexibility index (Phi) is 7.66. The number of carbonyl (C=O) groups is 1. The van der Waals surface area contributed by atoms with Gasteiger partial charge in [-0.05, 0) is 56.2 Å². The highest BCUT2D eigenvalue weighted by atomic mass is 19.3. The third-order valence-corrected chi connectivity index (χ3v) is 8.76. The minimum Gasteiger partial charge on any atom is -0.340 e. The molecule has 2 heterocycles. The maximum absolute atomic E-state index is 13.4. The molecule has 2 saturated carbocycles. The number of imidazole rings is 1. The summed E-state index contributed by atoms with van der Waals surface area (Å²) in [5.74, 6) is -0.0232. The van der Waals surface area contributed by atoms with Crippen molar-refractivity contribution in [2.24, 2.45) is 5.92 Å². The Morgan fingerprint density at radius 2 is 1.81 bits per heavy atom. The fourth-order valence-electron chi connectivity index (χ4n) is 6.71. The molecular weight excluding hydrogens is 458 g/mol. The molecule has 2 aliphatic carbocycles. The van der Waals surface area contributed by atoms with Crippen LogP contribution in [0.5, 0.6) is 0 Å². The molecule has 2 aromatic rings. The molecular formula is C29H42F2N4O. The van der Waals surface area contributed by atoms with Crippen molar-refractivity contribution in [1.29, 1.82) is 0 Å². The maximum atomic E-state index is 13.4. The summed E-state index contributed by atoms with van der Waals surface area (Å²) >= 11 is 0. The van der Waals surface area contributed by atoms with Crippen molar-refractivity contribution in [3.05, 3.63) is 29.6 Å². The summed E-state index contributed by atoms with van der Waals surface area (Å²) in [5, 5.41) is 0. The van der Waals surface area contributed by atoms with Crippen molar-refractivity contribution in [2.75, 3.05) is 19.6 Å². The van der Waals surface area contributed by atoms with Gasteiger partial charge < -0.3 is 9.47 Å². The largest absolute Gasteiger partial charge is 0.340 e. The molecule has 0 unspecified atom stereocenters. The van der Waals surface area contributed by atoms with Crippen LogP contribution in [0.2, 0.25) is 0 Å². The number of hydrogen-bond donors (Lipinski definition) is 0. The van der Waals surface area contributed by atoms with Crippen LogP contribution in [-0.4, -0.2) is 56.9 Å². The standard InChI is InChI=1S/C29H42F2N4O/c1-3-34(24-7-5-4-6-8-24)27(36)15-16-35-26-17-22(18-33-19-29(30,31)20-33)11-14-25(26)32-28(35)23-12-9-21(2)10-13-23/h11,14,17,21,23-24H,3-10,12-13,15-16,18-20H2,1-2H3/t21-,23-. The third-order valence-electron chi connectivity index (χ3n) is 8.76. The molecule has 0 N–H and O–H groups in total. The van der Waals surface area contributed by atoms with Crippen molar-refractivity contribution >= 4 is 16.9 Å². The highest BCUT2D eigenvalue weighted by Gasteiger charge is 2.43. The van der Waals surface area contributed by atoms with Gasteiger partial charge in [0.05, 0.1) is 24.1 Å². The lowest BCUT2D eigenvalue weighted by atomic mass is 9.82. The topological polar surface area (TPSA) is 41.4 Å². The van der Waals surface area contributed by atoms with Gasteiger partial charge >= 0.3 is 0 Å². The molecule has 5 nitrogen and oxygen atoms in total. The Hall–Kier alpha value is -2.02. The van der Waals surface area contributed by atoms with Crippen LogP contribution in [0.3, 0.4) is 0 Å². The first-order chi connectivity index (χ1) is 17.3. The Bertz CT molecular complexity index is 1040. The van der Waals surface area contributed by atoms with Crippen LogP contribution in [0.1, 0.15) is 95.4 Å². The van der Waals surface area contributed by atoms with Gasteiger partial charge in [-0.25, -0.2) is 13.8 Å². The van der Waals surface area contributed by atoms with Crippen molar-refractivity contribution in [1.82, 2.24) is 19.4 Å². The normalized spacial score (nSPS) is 25.1. The zero-order chi connectivity index (χ0) is 25.3. The van der Waals surface area contributed by atoms with Crippen LogP contribution in [0, 0.1) is 5.92 Å². The number of hydrogen-bond acceptors (Lipinski definition) is 3. The second-order valence-corrected chi connectivity index (χ2v) is 11.6. The second kappa shape index (κ2) is 10.8. The Balaban J connectivity index is 1.37. The number of aromatic nitrogens is 2. The first-order valence-corrected chi connectivity index (χ1v) is 14.2. The smallest absolute Gasteiger partial charge is 0.272 e. The van der Waals surface area contributed by atoms with Crippen LogP contribution >= 0.6 is 0 Å². The third kappa shape index (κ3) is 5.61. The summed E-state index contributed by atoms with van der Waals surface area (Å²) in [5.41, 5.74) is 3.03. The molecule has 5 rings (SSSR count). The summed E-state index contributed by atoms with van der Waals surface area (Å²) in [6.07, 6.45) is 11.1. The van der Waals surface area contributed by atoms with E-state index in [1.165, 1.54) is 32.1 Å². The number of nitrogens with zero attached hydrogens (tertiary/aromatic N) is 4. The molecule has 36 heavy (non-hydrogen) atoms. The molecule has 0 atom stereocenters. The average Bonchev–Trinajstić information content (AvgIpc) is 3.21. The fraction of sp³-hybridized carbons (Fsp3) is 0.724. The van der Waals surface area contributed by atoms with Gasteiger partial charge in [0, 0.05) is 38.0 Å². The predicted octanol–water partition coefficient (Wildman–Crippen LogP) is 6.35. The van der Waals surface area contributed by atoms with Crippen LogP contribution in [-0.2, 0) is 17.9 Å². The molecule has 3 fully saturated rings. The van der Waals surface area contributed by atoms with E-state index >= 15 is 0 Å². The zero-order valence-electron chi connectivity index (χ0n) is 22.0. The molecule has 0 bridgehead atoms. The highest BCUT2D eigenvalue weighted by Crippen LogP contribution is 2.37. The first-order valence-electron chi connectivity index (χ1n) is 14.2. The van der Waals surface area contributed by atoms with Gasteiger partial charge in [-0.1, -0.05) is 45.1 Å². The van der Waals surface area contributed by atoms with Gasteiger partial charge in [-0.3, -0.25) is 9.69 Å². The number of alkyl halides is 2. The minimum atomic E-state index is -2.55. The molecule has 0 spiro atoms. The fourth-order valence-corrected chi connectivity index (χ4v) is 6.71. The number of aryl methyl sites for hydroxylation is 1. The summed E-state index contributed by atoms with van der Waals surface area (Å²) in [6.45, 7) is 6.01. The van der Waals surface area contributed by atoms with Gasteiger partial charge in [0.25, 0.3) is 5.92 Å². The van der Waals surface area contributed by atoms with Crippen molar-refractivity contribution < 1.29 is 13.6 Å². The monoisotopic (exact) mass is 500 g/mol. The molecule has 1 aliphatic heterocycles. The number of fused-ring (bicyclic) bond motifs is 1. The van der Waals surface area contributed by atoms with Crippen LogP contribution < -0.4 is 0 Å². The van der Waals surface area contributed by atoms with E-state index in [4.69, 9.17) is 4.98 Å². The average molecular weight is 501 g/mol. The van der Waals surface area contributed by atoms with Crippen molar-refractivity contribution in [3.63, 3.8) is 0 Å². The van der Waals surface area contributed by atoms with Gasteiger partial charge in [-0.15, -0.1) is 0 Å².